The molecule has 1 rings (SSSR count). The van der Waals surface area contributed by atoms with Crippen molar-refractivity contribution >= 4 is 5.91 Å². The van der Waals surface area contributed by atoms with Crippen LogP contribution in [0.15, 0.2) is 16.5 Å². The molecule has 1 aromatic heterocycles. The van der Waals surface area contributed by atoms with Gasteiger partial charge in [-0.2, -0.15) is 0 Å². The second-order valence-corrected chi connectivity index (χ2v) is 2.79. The van der Waals surface area contributed by atoms with Gasteiger partial charge in [-0.25, -0.2) is 0 Å². The summed E-state index contributed by atoms with van der Waals surface area (Å²) in [5.41, 5.74) is 5.35. The van der Waals surface area contributed by atoms with Crippen molar-refractivity contribution in [2.24, 2.45) is 5.73 Å². The first kappa shape index (κ1) is 9.80. The Labute approximate surface area is 77.3 Å². The van der Waals surface area contributed by atoms with Gasteiger partial charge in [-0.05, 0) is 19.1 Å². The van der Waals surface area contributed by atoms with E-state index in [9.17, 15) is 4.79 Å². The maximum Gasteiger partial charge on any atom is 0.289 e. The van der Waals surface area contributed by atoms with Gasteiger partial charge in [0.2, 0.25) is 0 Å². The van der Waals surface area contributed by atoms with Crippen molar-refractivity contribution in [2.45, 2.75) is 13.5 Å². The smallest absolute Gasteiger partial charge is 0.289 e. The van der Waals surface area contributed by atoms with E-state index in [2.05, 4.69) is 0 Å². The normalized spacial score (nSPS) is 10.1. The number of carbonyl (C=O) groups is 1. The lowest BCUT2D eigenvalue weighted by Crippen LogP contribution is -2.25. The largest absolute Gasteiger partial charge is 0.455 e. The van der Waals surface area contributed by atoms with Crippen molar-refractivity contribution in [3.05, 3.63) is 23.7 Å². The summed E-state index contributed by atoms with van der Waals surface area (Å²) in [6.45, 7) is 2.89. The molecule has 2 N–H and O–H groups in total. The molecular weight excluding hydrogens is 168 g/mol. The standard InChI is InChI=1S/C9H14N2O2/c1-3-11(2)9(12)8-5-4-7(6-10)13-8/h4-5H,3,6,10H2,1-2H3. The van der Waals surface area contributed by atoms with Gasteiger partial charge in [0.25, 0.3) is 5.91 Å². The molecule has 0 bridgehead atoms. The van der Waals surface area contributed by atoms with Crippen LogP contribution in [0.4, 0.5) is 0 Å². The average molecular weight is 182 g/mol. The molecule has 1 aromatic rings. The third-order valence-corrected chi connectivity index (χ3v) is 1.89. The first-order valence-electron chi connectivity index (χ1n) is 4.23. The molecule has 0 saturated carbocycles. The topological polar surface area (TPSA) is 59.5 Å². The predicted octanol–water partition coefficient (Wildman–Crippen LogP) is 0.830. The predicted molar refractivity (Wildman–Crippen MR) is 49.2 cm³/mol. The van der Waals surface area contributed by atoms with Crippen LogP contribution in [0, 0.1) is 0 Å². The summed E-state index contributed by atoms with van der Waals surface area (Å²) in [4.78, 5) is 13.1. The minimum Gasteiger partial charge on any atom is -0.455 e. The first-order valence-corrected chi connectivity index (χ1v) is 4.23. The van der Waals surface area contributed by atoms with Gasteiger partial charge in [-0.1, -0.05) is 0 Å². The summed E-state index contributed by atoms with van der Waals surface area (Å²) in [6.07, 6.45) is 0. The van der Waals surface area contributed by atoms with E-state index in [1.807, 2.05) is 6.92 Å². The second kappa shape index (κ2) is 4.09. The van der Waals surface area contributed by atoms with Gasteiger partial charge < -0.3 is 15.1 Å². The zero-order chi connectivity index (χ0) is 9.84. The fraction of sp³-hybridized carbons (Fsp3) is 0.444. The summed E-state index contributed by atoms with van der Waals surface area (Å²) >= 11 is 0. The van der Waals surface area contributed by atoms with E-state index < -0.39 is 0 Å². The molecule has 1 heterocycles. The maximum atomic E-state index is 11.5. The molecule has 0 aliphatic heterocycles. The van der Waals surface area contributed by atoms with E-state index in [1.54, 1.807) is 24.1 Å². The van der Waals surface area contributed by atoms with Gasteiger partial charge >= 0.3 is 0 Å². The summed E-state index contributed by atoms with van der Waals surface area (Å²) in [6, 6.07) is 3.37. The zero-order valence-electron chi connectivity index (χ0n) is 7.91. The number of carbonyl (C=O) groups excluding carboxylic acids is 1. The number of nitrogens with two attached hydrogens (primary N) is 1. The van der Waals surface area contributed by atoms with Gasteiger partial charge in [0.15, 0.2) is 5.76 Å². The Morgan fingerprint density at radius 1 is 1.62 bits per heavy atom. The van der Waals surface area contributed by atoms with Crippen LogP contribution >= 0.6 is 0 Å². The van der Waals surface area contributed by atoms with Crippen molar-refractivity contribution in [2.75, 3.05) is 13.6 Å². The van der Waals surface area contributed by atoms with Crippen LogP contribution in [0.1, 0.15) is 23.2 Å². The summed E-state index contributed by atoms with van der Waals surface area (Å²) in [5.74, 6) is 0.875. The van der Waals surface area contributed by atoms with E-state index >= 15 is 0 Å². The van der Waals surface area contributed by atoms with E-state index in [0.29, 0.717) is 24.6 Å². The first-order chi connectivity index (χ1) is 6.19. The lowest BCUT2D eigenvalue weighted by molar-refractivity contribution is 0.0769. The maximum absolute atomic E-state index is 11.5. The van der Waals surface area contributed by atoms with Gasteiger partial charge in [0.05, 0.1) is 6.54 Å². The molecule has 0 unspecified atom stereocenters. The van der Waals surface area contributed by atoms with Crippen molar-refractivity contribution < 1.29 is 9.21 Å². The molecule has 0 spiro atoms. The van der Waals surface area contributed by atoms with Crippen LogP contribution in [-0.4, -0.2) is 24.4 Å². The van der Waals surface area contributed by atoms with Crippen molar-refractivity contribution in [3.63, 3.8) is 0 Å². The van der Waals surface area contributed by atoms with Crippen molar-refractivity contribution in [1.29, 1.82) is 0 Å². The number of nitrogens with zero attached hydrogens (tertiary/aromatic N) is 1. The highest BCUT2D eigenvalue weighted by Crippen LogP contribution is 2.09. The van der Waals surface area contributed by atoms with E-state index in [1.165, 1.54) is 0 Å². The Kier molecular flexibility index (Phi) is 3.08. The molecule has 0 atom stereocenters. The molecule has 4 nitrogen and oxygen atoms in total. The fourth-order valence-electron chi connectivity index (χ4n) is 0.934. The Morgan fingerprint density at radius 3 is 2.77 bits per heavy atom. The number of rotatable bonds is 3. The summed E-state index contributed by atoms with van der Waals surface area (Å²) in [7, 11) is 1.73. The van der Waals surface area contributed by atoms with Gasteiger partial charge in [0.1, 0.15) is 5.76 Å². The van der Waals surface area contributed by atoms with Crippen LogP contribution in [0.2, 0.25) is 0 Å². The number of hydrogen-bond acceptors (Lipinski definition) is 3. The highest BCUT2D eigenvalue weighted by Gasteiger charge is 2.13. The molecule has 1 amide bonds. The molecular formula is C9H14N2O2. The zero-order valence-corrected chi connectivity index (χ0v) is 7.91. The van der Waals surface area contributed by atoms with E-state index in [-0.39, 0.29) is 5.91 Å². The van der Waals surface area contributed by atoms with Crippen LogP contribution in [0.5, 0.6) is 0 Å². The van der Waals surface area contributed by atoms with Crippen LogP contribution in [-0.2, 0) is 6.54 Å². The molecule has 72 valence electrons. The Bertz CT molecular complexity index is 294. The summed E-state index contributed by atoms with van der Waals surface area (Å²) < 4.78 is 5.20. The number of hydrogen-bond donors (Lipinski definition) is 1. The molecule has 0 radical (unpaired) electrons. The highest BCUT2D eigenvalue weighted by molar-refractivity contribution is 5.91. The van der Waals surface area contributed by atoms with Gasteiger partial charge in [-0.3, -0.25) is 4.79 Å². The lowest BCUT2D eigenvalue weighted by Gasteiger charge is -2.11. The van der Waals surface area contributed by atoms with Crippen molar-refractivity contribution in [3.8, 4) is 0 Å². The van der Waals surface area contributed by atoms with Gasteiger partial charge in [-0.15, -0.1) is 0 Å². The molecule has 0 saturated heterocycles. The average Bonchev–Trinajstić information content (AvgIpc) is 2.63. The fourth-order valence-corrected chi connectivity index (χ4v) is 0.934. The van der Waals surface area contributed by atoms with Crippen LogP contribution in [0.3, 0.4) is 0 Å². The number of furan rings is 1. The summed E-state index contributed by atoms with van der Waals surface area (Å²) in [5, 5.41) is 0. The van der Waals surface area contributed by atoms with Crippen molar-refractivity contribution in [1.82, 2.24) is 4.90 Å². The SMILES string of the molecule is CCN(C)C(=O)c1ccc(CN)o1. The Balaban J connectivity index is 2.77. The molecule has 0 aliphatic rings. The van der Waals surface area contributed by atoms with Gasteiger partial charge in [0, 0.05) is 13.6 Å². The molecule has 13 heavy (non-hydrogen) atoms. The minimum atomic E-state index is -0.109. The van der Waals surface area contributed by atoms with Crippen LogP contribution in [0.25, 0.3) is 0 Å². The third kappa shape index (κ3) is 2.09. The highest BCUT2D eigenvalue weighted by atomic mass is 16.4. The molecule has 0 fully saturated rings. The molecule has 4 heteroatoms. The lowest BCUT2D eigenvalue weighted by atomic mass is 10.4. The third-order valence-electron chi connectivity index (χ3n) is 1.89. The van der Waals surface area contributed by atoms with E-state index in [4.69, 9.17) is 10.2 Å². The second-order valence-electron chi connectivity index (χ2n) is 2.79. The molecule has 0 aromatic carbocycles. The Morgan fingerprint density at radius 2 is 2.31 bits per heavy atom. The monoisotopic (exact) mass is 182 g/mol. The number of amides is 1. The van der Waals surface area contributed by atoms with Crippen LogP contribution < -0.4 is 5.73 Å². The quantitative estimate of drug-likeness (QED) is 0.753. The minimum absolute atomic E-state index is 0.109. The van der Waals surface area contributed by atoms with E-state index in [0.717, 1.165) is 0 Å². The molecule has 0 aliphatic carbocycles. The Hall–Kier alpha value is -1.29.